The Labute approximate surface area is 96.2 Å². The second-order valence-corrected chi connectivity index (χ2v) is 3.36. The maximum absolute atomic E-state index is 5.44. The third kappa shape index (κ3) is 4.93. The molecule has 0 bridgehead atoms. The van der Waals surface area contributed by atoms with Crippen LogP contribution < -0.4 is 10.1 Å². The number of aromatic nitrogens is 2. The van der Waals surface area contributed by atoms with Crippen molar-refractivity contribution in [3.05, 3.63) is 12.4 Å². The average Bonchev–Trinajstić information content (AvgIpc) is 2.33. The molecule has 0 radical (unpaired) electrons. The van der Waals surface area contributed by atoms with Crippen molar-refractivity contribution < 1.29 is 9.47 Å². The minimum Gasteiger partial charge on any atom is -0.476 e. The molecule has 0 aliphatic rings. The Kier molecular flexibility index (Phi) is 6.25. The standard InChI is InChI=1S/C11H19N3O2/c1-3-5-13-10-8-12-9-11(14-10)16-7-4-6-15-2/h8-9H,3-7H2,1-2H3,(H,13,14). The van der Waals surface area contributed by atoms with Gasteiger partial charge < -0.3 is 14.8 Å². The molecule has 90 valence electrons. The molecule has 1 rings (SSSR count). The molecule has 1 heterocycles. The van der Waals surface area contributed by atoms with E-state index in [-0.39, 0.29) is 0 Å². The molecule has 0 aliphatic carbocycles. The lowest BCUT2D eigenvalue weighted by molar-refractivity contribution is 0.170. The topological polar surface area (TPSA) is 56.3 Å². The van der Waals surface area contributed by atoms with Gasteiger partial charge in [0.05, 0.1) is 19.0 Å². The highest BCUT2D eigenvalue weighted by Gasteiger charge is 1.98. The van der Waals surface area contributed by atoms with Crippen molar-refractivity contribution in [3.8, 4) is 5.88 Å². The molecule has 1 N–H and O–H groups in total. The number of hydrogen-bond acceptors (Lipinski definition) is 5. The molecule has 5 heteroatoms. The van der Waals surface area contributed by atoms with Crippen LogP contribution in [0.5, 0.6) is 5.88 Å². The van der Waals surface area contributed by atoms with Crippen molar-refractivity contribution in [2.75, 3.05) is 32.2 Å². The van der Waals surface area contributed by atoms with Crippen molar-refractivity contribution in [1.29, 1.82) is 0 Å². The second kappa shape index (κ2) is 7.87. The van der Waals surface area contributed by atoms with Gasteiger partial charge in [-0.3, -0.25) is 4.98 Å². The summed E-state index contributed by atoms with van der Waals surface area (Å²) in [5.41, 5.74) is 0. The number of rotatable bonds is 8. The number of ether oxygens (including phenoxy) is 2. The summed E-state index contributed by atoms with van der Waals surface area (Å²) in [6.07, 6.45) is 5.22. The molecule has 0 saturated heterocycles. The first-order chi connectivity index (χ1) is 7.86. The van der Waals surface area contributed by atoms with E-state index in [4.69, 9.17) is 9.47 Å². The molecule has 16 heavy (non-hydrogen) atoms. The molecule has 0 unspecified atom stereocenters. The molecule has 1 aromatic heterocycles. The highest BCUT2D eigenvalue weighted by molar-refractivity contribution is 5.32. The summed E-state index contributed by atoms with van der Waals surface area (Å²) < 4.78 is 10.4. The van der Waals surface area contributed by atoms with E-state index in [0.29, 0.717) is 19.1 Å². The summed E-state index contributed by atoms with van der Waals surface area (Å²) in [6.45, 7) is 4.29. The first kappa shape index (κ1) is 12.7. The Balaban J connectivity index is 2.35. The normalized spacial score (nSPS) is 10.1. The second-order valence-electron chi connectivity index (χ2n) is 3.36. The lowest BCUT2D eigenvalue weighted by atomic mass is 10.5. The largest absolute Gasteiger partial charge is 0.476 e. The monoisotopic (exact) mass is 225 g/mol. The smallest absolute Gasteiger partial charge is 0.234 e. The molecule has 1 aromatic rings. The van der Waals surface area contributed by atoms with Gasteiger partial charge in [-0.25, -0.2) is 0 Å². The van der Waals surface area contributed by atoms with Crippen molar-refractivity contribution in [1.82, 2.24) is 9.97 Å². The van der Waals surface area contributed by atoms with Gasteiger partial charge in [0, 0.05) is 26.7 Å². The van der Waals surface area contributed by atoms with Crippen LogP contribution in [0.2, 0.25) is 0 Å². The SMILES string of the molecule is CCCNc1cncc(OCCCOC)n1. The zero-order valence-electron chi connectivity index (χ0n) is 9.90. The highest BCUT2D eigenvalue weighted by Crippen LogP contribution is 2.09. The summed E-state index contributed by atoms with van der Waals surface area (Å²) in [5, 5.41) is 3.16. The molecular weight excluding hydrogens is 206 g/mol. The molecule has 0 fully saturated rings. The van der Waals surface area contributed by atoms with Gasteiger partial charge in [-0.05, 0) is 6.42 Å². The maximum atomic E-state index is 5.44. The summed E-state index contributed by atoms with van der Waals surface area (Å²) in [5.74, 6) is 1.31. The Morgan fingerprint density at radius 3 is 2.94 bits per heavy atom. The Bertz CT molecular complexity index is 294. The third-order valence-corrected chi connectivity index (χ3v) is 1.91. The summed E-state index contributed by atoms with van der Waals surface area (Å²) in [6, 6.07) is 0. The van der Waals surface area contributed by atoms with Gasteiger partial charge in [0.25, 0.3) is 0 Å². The van der Waals surface area contributed by atoms with Gasteiger partial charge in [-0.1, -0.05) is 6.92 Å². The van der Waals surface area contributed by atoms with Crippen LogP contribution in [0.15, 0.2) is 12.4 Å². The van der Waals surface area contributed by atoms with E-state index in [1.807, 2.05) is 0 Å². The van der Waals surface area contributed by atoms with Crippen molar-refractivity contribution in [3.63, 3.8) is 0 Å². The predicted octanol–water partition coefficient (Wildman–Crippen LogP) is 1.71. The van der Waals surface area contributed by atoms with Crippen LogP contribution in [0, 0.1) is 0 Å². The van der Waals surface area contributed by atoms with Crippen LogP contribution in [0.1, 0.15) is 19.8 Å². The highest BCUT2D eigenvalue weighted by atomic mass is 16.5. The van der Waals surface area contributed by atoms with Crippen LogP contribution in [0.3, 0.4) is 0 Å². The predicted molar refractivity (Wildman–Crippen MR) is 62.8 cm³/mol. The zero-order chi connectivity index (χ0) is 11.6. The Hall–Kier alpha value is -1.36. The van der Waals surface area contributed by atoms with Gasteiger partial charge in [-0.2, -0.15) is 4.98 Å². The van der Waals surface area contributed by atoms with E-state index < -0.39 is 0 Å². The number of nitrogens with one attached hydrogen (secondary N) is 1. The van der Waals surface area contributed by atoms with E-state index in [1.165, 1.54) is 0 Å². The molecule has 0 amide bonds. The van der Waals surface area contributed by atoms with E-state index in [1.54, 1.807) is 19.5 Å². The van der Waals surface area contributed by atoms with E-state index in [9.17, 15) is 0 Å². The van der Waals surface area contributed by atoms with Crippen LogP contribution in [0.4, 0.5) is 5.82 Å². The van der Waals surface area contributed by atoms with Crippen molar-refractivity contribution in [2.45, 2.75) is 19.8 Å². The van der Waals surface area contributed by atoms with Gasteiger partial charge >= 0.3 is 0 Å². The van der Waals surface area contributed by atoms with Crippen LogP contribution in [-0.2, 0) is 4.74 Å². The Morgan fingerprint density at radius 2 is 2.19 bits per heavy atom. The van der Waals surface area contributed by atoms with E-state index in [2.05, 4.69) is 22.2 Å². The Morgan fingerprint density at radius 1 is 1.31 bits per heavy atom. The molecule has 0 aromatic carbocycles. The van der Waals surface area contributed by atoms with Crippen LogP contribution >= 0.6 is 0 Å². The fourth-order valence-corrected chi connectivity index (χ4v) is 1.14. The minimum atomic E-state index is 0.553. The van der Waals surface area contributed by atoms with Crippen LogP contribution in [0.25, 0.3) is 0 Å². The van der Waals surface area contributed by atoms with Gasteiger partial charge in [0.2, 0.25) is 5.88 Å². The minimum absolute atomic E-state index is 0.553. The third-order valence-electron chi connectivity index (χ3n) is 1.91. The number of methoxy groups -OCH3 is 1. The number of nitrogens with zero attached hydrogens (tertiary/aromatic N) is 2. The van der Waals surface area contributed by atoms with Gasteiger partial charge in [0.15, 0.2) is 0 Å². The first-order valence-electron chi connectivity index (χ1n) is 5.54. The number of anilines is 1. The number of hydrogen-bond donors (Lipinski definition) is 1. The van der Waals surface area contributed by atoms with E-state index >= 15 is 0 Å². The summed E-state index contributed by atoms with van der Waals surface area (Å²) in [7, 11) is 1.68. The molecule has 0 aliphatic heterocycles. The van der Waals surface area contributed by atoms with E-state index in [0.717, 1.165) is 25.2 Å². The lowest BCUT2D eigenvalue weighted by Gasteiger charge is -2.07. The summed E-state index contributed by atoms with van der Waals surface area (Å²) in [4.78, 5) is 8.33. The molecular formula is C11H19N3O2. The zero-order valence-corrected chi connectivity index (χ0v) is 9.90. The maximum Gasteiger partial charge on any atom is 0.234 e. The first-order valence-corrected chi connectivity index (χ1v) is 5.54. The molecule has 0 atom stereocenters. The fraction of sp³-hybridized carbons (Fsp3) is 0.636. The van der Waals surface area contributed by atoms with Crippen molar-refractivity contribution >= 4 is 5.82 Å². The summed E-state index contributed by atoms with van der Waals surface area (Å²) >= 11 is 0. The molecule has 0 spiro atoms. The molecule has 0 saturated carbocycles. The molecule has 5 nitrogen and oxygen atoms in total. The lowest BCUT2D eigenvalue weighted by Crippen LogP contribution is -2.06. The fourth-order valence-electron chi connectivity index (χ4n) is 1.14. The quantitative estimate of drug-likeness (QED) is 0.683. The van der Waals surface area contributed by atoms with Gasteiger partial charge in [-0.15, -0.1) is 0 Å². The average molecular weight is 225 g/mol. The van der Waals surface area contributed by atoms with Gasteiger partial charge in [0.1, 0.15) is 5.82 Å². The van der Waals surface area contributed by atoms with Crippen LogP contribution in [-0.4, -0.2) is 36.8 Å². The van der Waals surface area contributed by atoms with Crippen molar-refractivity contribution in [2.24, 2.45) is 0 Å².